The van der Waals surface area contributed by atoms with Gasteiger partial charge in [-0.05, 0) is 55.0 Å². The Morgan fingerprint density at radius 2 is 1.91 bits per heavy atom. The van der Waals surface area contributed by atoms with Crippen molar-refractivity contribution >= 4 is 45.5 Å². The molecule has 0 unspecified atom stereocenters. The average molecular weight is 538 g/mol. The van der Waals surface area contributed by atoms with Crippen molar-refractivity contribution in [1.82, 2.24) is 10.2 Å². The minimum atomic E-state index is -0.704. The third-order valence-electron chi connectivity index (χ3n) is 5.18. The van der Waals surface area contributed by atoms with Crippen LogP contribution in [0.4, 0.5) is 14.9 Å². The zero-order valence-corrected chi connectivity index (χ0v) is 20.3. The molecule has 0 saturated carbocycles. The number of carbonyl (C=O) groups is 3. The molecular formula is C26H21BrFN3O4. The third kappa shape index (κ3) is 5.93. The maximum atomic E-state index is 14.0. The number of carbonyl (C=O) groups excluding carboxylic acids is 3. The number of rotatable bonds is 7. The summed E-state index contributed by atoms with van der Waals surface area (Å²) in [5.41, 5.74) is 2.40. The molecule has 0 atom stereocenters. The highest BCUT2D eigenvalue weighted by Gasteiger charge is 2.35. The number of hydrogen-bond acceptors (Lipinski definition) is 4. The molecule has 1 aliphatic rings. The lowest BCUT2D eigenvalue weighted by Crippen LogP contribution is -2.38. The SMILES string of the molecule is Cc1cccc(NC(=O)CN2C(=O)N/C(=C/c3cc(Br)ccc3OCc3ccccc3F)C2=O)c1. The van der Waals surface area contributed by atoms with Crippen LogP contribution in [0.15, 0.2) is 76.9 Å². The molecule has 7 nitrogen and oxygen atoms in total. The number of imide groups is 1. The van der Waals surface area contributed by atoms with E-state index in [1.54, 1.807) is 54.6 Å². The number of halogens is 2. The number of ether oxygens (including phenoxy) is 1. The number of anilines is 1. The summed E-state index contributed by atoms with van der Waals surface area (Å²) in [5, 5.41) is 5.18. The second-order valence-corrected chi connectivity index (χ2v) is 8.78. The molecule has 178 valence electrons. The van der Waals surface area contributed by atoms with Crippen LogP contribution in [0.25, 0.3) is 6.08 Å². The monoisotopic (exact) mass is 537 g/mol. The first-order chi connectivity index (χ1) is 16.8. The number of nitrogens with one attached hydrogen (secondary N) is 2. The summed E-state index contributed by atoms with van der Waals surface area (Å²) in [6.07, 6.45) is 1.46. The van der Waals surface area contributed by atoms with Gasteiger partial charge in [0.15, 0.2) is 0 Å². The van der Waals surface area contributed by atoms with E-state index in [2.05, 4.69) is 26.6 Å². The van der Waals surface area contributed by atoms with E-state index in [1.165, 1.54) is 12.1 Å². The predicted octanol–water partition coefficient (Wildman–Crippen LogP) is 5.01. The van der Waals surface area contributed by atoms with Gasteiger partial charge in [0.1, 0.15) is 30.4 Å². The highest BCUT2D eigenvalue weighted by molar-refractivity contribution is 9.10. The van der Waals surface area contributed by atoms with Crippen LogP contribution in [0.5, 0.6) is 5.75 Å². The smallest absolute Gasteiger partial charge is 0.329 e. The van der Waals surface area contributed by atoms with Gasteiger partial charge < -0.3 is 15.4 Å². The number of nitrogens with zero attached hydrogens (tertiary/aromatic N) is 1. The molecule has 0 aliphatic carbocycles. The van der Waals surface area contributed by atoms with Crippen molar-refractivity contribution in [1.29, 1.82) is 0 Å². The van der Waals surface area contributed by atoms with E-state index in [0.717, 1.165) is 10.5 Å². The normalized spacial score (nSPS) is 14.3. The minimum Gasteiger partial charge on any atom is -0.488 e. The van der Waals surface area contributed by atoms with Crippen LogP contribution in [-0.2, 0) is 16.2 Å². The van der Waals surface area contributed by atoms with Gasteiger partial charge in [0.25, 0.3) is 5.91 Å². The second-order valence-electron chi connectivity index (χ2n) is 7.86. The lowest BCUT2D eigenvalue weighted by molar-refractivity contribution is -0.127. The Labute approximate surface area is 209 Å². The first kappa shape index (κ1) is 24.2. The molecule has 1 heterocycles. The lowest BCUT2D eigenvalue weighted by Gasteiger charge is -2.12. The Morgan fingerprint density at radius 1 is 1.11 bits per heavy atom. The molecule has 1 fully saturated rings. The molecular weight excluding hydrogens is 517 g/mol. The summed E-state index contributed by atoms with van der Waals surface area (Å²) in [6, 6.07) is 17.9. The van der Waals surface area contributed by atoms with Crippen LogP contribution in [0, 0.1) is 12.7 Å². The number of hydrogen-bond donors (Lipinski definition) is 2. The number of amides is 4. The van der Waals surface area contributed by atoms with Crippen LogP contribution in [-0.4, -0.2) is 29.3 Å². The van der Waals surface area contributed by atoms with Crippen molar-refractivity contribution in [2.45, 2.75) is 13.5 Å². The van der Waals surface area contributed by atoms with Gasteiger partial charge >= 0.3 is 6.03 Å². The summed E-state index contributed by atoms with van der Waals surface area (Å²) in [6.45, 7) is 1.43. The molecule has 9 heteroatoms. The Hall–Kier alpha value is -3.98. The highest BCUT2D eigenvalue weighted by atomic mass is 79.9. The summed E-state index contributed by atoms with van der Waals surface area (Å²) in [4.78, 5) is 38.5. The zero-order chi connectivity index (χ0) is 24.9. The first-order valence-corrected chi connectivity index (χ1v) is 11.5. The van der Waals surface area contributed by atoms with Crippen LogP contribution in [0.1, 0.15) is 16.7 Å². The quantitative estimate of drug-likeness (QED) is 0.327. The van der Waals surface area contributed by atoms with Gasteiger partial charge in [-0.25, -0.2) is 14.1 Å². The maximum absolute atomic E-state index is 14.0. The van der Waals surface area contributed by atoms with Crippen LogP contribution < -0.4 is 15.4 Å². The van der Waals surface area contributed by atoms with Gasteiger partial charge in [0.2, 0.25) is 5.91 Å². The van der Waals surface area contributed by atoms with Crippen molar-refractivity contribution in [3.63, 3.8) is 0 Å². The molecule has 0 bridgehead atoms. The Bertz CT molecular complexity index is 1340. The fourth-order valence-electron chi connectivity index (χ4n) is 3.47. The maximum Gasteiger partial charge on any atom is 0.329 e. The van der Waals surface area contributed by atoms with Gasteiger partial charge in [0, 0.05) is 21.3 Å². The lowest BCUT2D eigenvalue weighted by atomic mass is 10.1. The topological polar surface area (TPSA) is 87.7 Å². The molecule has 2 N–H and O–H groups in total. The molecule has 4 amide bonds. The molecule has 3 aromatic carbocycles. The first-order valence-electron chi connectivity index (χ1n) is 10.7. The van der Waals surface area contributed by atoms with E-state index in [1.807, 2.05) is 13.0 Å². The zero-order valence-electron chi connectivity index (χ0n) is 18.7. The molecule has 0 spiro atoms. The van der Waals surface area contributed by atoms with Crippen molar-refractivity contribution in [3.8, 4) is 5.75 Å². The van der Waals surface area contributed by atoms with E-state index < -0.39 is 24.4 Å². The molecule has 1 aliphatic heterocycles. The van der Waals surface area contributed by atoms with Gasteiger partial charge in [-0.3, -0.25) is 9.59 Å². The third-order valence-corrected chi connectivity index (χ3v) is 5.67. The number of aryl methyl sites for hydroxylation is 1. The van der Waals surface area contributed by atoms with Crippen LogP contribution in [0.3, 0.4) is 0 Å². The molecule has 3 aromatic rings. The van der Waals surface area contributed by atoms with Gasteiger partial charge in [-0.1, -0.05) is 46.3 Å². The largest absolute Gasteiger partial charge is 0.488 e. The minimum absolute atomic E-state index is 0.00722. The number of urea groups is 1. The average Bonchev–Trinajstić information content (AvgIpc) is 3.07. The van der Waals surface area contributed by atoms with Crippen molar-refractivity contribution in [2.75, 3.05) is 11.9 Å². The summed E-state index contributed by atoms with van der Waals surface area (Å²) in [5.74, 6) is -1.14. The van der Waals surface area contributed by atoms with Crippen molar-refractivity contribution in [3.05, 3.63) is 99.4 Å². The van der Waals surface area contributed by atoms with Crippen LogP contribution in [0.2, 0.25) is 0 Å². The molecule has 4 rings (SSSR count). The summed E-state index contributed by atoms with van der Waals surface area (Å²) >= 11 is 3.38. The second kappa shape index (κ2) is 10.5. The van der Waals surface area contributed by atoms with Gasteiger partial charge in [-0.15, -0.1) is 0 Å². The fraction of sp³-hybridized carbons (Fsp3) is 0.115. The Kier molecular flexibility index (Phi) is 7.26. The summed E-state index contributed by atoms with van der Waals surface area (Å²) < 4.78 is 20.5. The van der Waals surface area contributed by atoms with E-state index in [9.17, 15) is 18.8 Å². The molecule has 0 aromatic heterocycles. The van der Waals surface area contributed by atoms with E-state index in [0.29, 0.717) is 27.0 Å². The van der Waals surface area contributed by atoms with Crippen molar-refractivity contribution in [2.24, 2.45) is 0 Å². The van der Waals surface area contributed by atoms with E-state index in [-0.39, 0.29) is 18.1 Å². The van der Waals surface area contributed by atoms with Crippen molar-refractivity contribution < 1.29 is 23.5 Å². The van der Waals surface area contributed by atoms with Gasteiger partial charge in [0.05, 0.1) is 0 Å². The fourth-order valence-corrected chi connectivity index (χ4v) is 3.85. The number of benzene rings is 3. The highest BCUT2D eigenvalue weighted by Crippen LogP contribution is 2.27. The Balaban J connectivity index is 1.49. The molecule has 1 saturated heterocycles. The van der Waals surface area contributed by atoms with E-state index >= 15 is 0 Å². The molecule has 35 heavy (non-hydrogen) atoms. The standard InChI is InChI=1S/C26H21BrFN3O4/c1-16-5-4-7-20(11-16)29-24(32)14-31-25(33)22(30-26(31)34)13-18-12-19(27)9-10-23(18)35-15-17-6-2-3-8-21(17)28/h2-13H,14-15H2,1H3,(H,29,32)(H,30,34)/b22-13+. The van der Waals surface area contributed by atoms with E-state index in [4.69, 9.17) is 4.74 Å². The molecule has 0 radical (unpaired) electrons. The summed E-state index contributed by atoms with van der Waals surface area (Å²) in [7, 11) is 0. The Morgan fingerprint density at radius 3 is 2.69 bits per heavy atom. The van der Waals surface area contributed by atoms with Crippen LogP contribution >= 0.6 is 15.9 Å². The predicted molar refractivity (Wildman–Crippen MR) is 133 cm³/mol. The van der Waals surface area contributed by atoms with Gasteiger partial charge in [-0.2, -0.15) is 0 Å².